The molecule has 0 aliphatic rings. The van der Waals surface area contributed by atoms with Crippen molar-refractivity contribution in [3.8, 4) is 17.2 Å². The summed E-state index contributed by atoms with van der Waals surface area (Å²) in [5.74, 6) is -0.928. The predicted molar refractivity (Wildman–Crippen MR) is 138 cm³/mol. The van der Waals surface area contributed by atoms with Gasteiger partial charge in [0.1, 0.15) is 22.6 Å². The number of para-hydroxylation sites is 1. The highest BCUT2D eigenvalue weighted by atomic mass is 19.1. The highest BCUT2D eigenvalue weighted by molar-refractivity contribution is 6.05. The number of anilines is 1. The maximum absolute atomic E-state index is 14.9. The number of benzene rings is 2. The fraction of sp³-hybridized carbons (Fsp3) is 0. The zero-order valence-corrected chi connectivity index (χ0v) is 19.2. The number of fused-ring (bicyclic) bond motifs is 2. The Morgan fingerprint density at radius 2 is 1.78 bits per heavy atom. The lowest BCUT2D eigenvalue weighted by Crippen LogP contribution is -2.29. The Morgan fingerprint density at radius 1 is 0.919 bits per heavy atom. The van der Waals surface area contributed by atoms with E-state index >= 15 is 0 Å². The lowest BCUT2D eigenvalue weighted by molar-refractivity contribution is 0.102. The second kappa shape index (κ2) is 9.04. The number of carbonyl (C=O) groups is 1. The Kier molecular flexibility index (Phi) is 5.42. The lowest BCUT2D eigenvalue weighted by atomic mass is 10.1. The highest BCUT2D eigenvalue weighted by Crippen LogP contribution is 2.31. The molecule has 37 heavy (non-hydrogen) atoms. The number of aromatic amines is 1. The van der Waals surface area contributed by atoms with E-state index in [0.717, 1.165) is 6.07 Å². The summed E-state index contributed by atoms with van der Waals surface area (Å²) in [7, 11) is 0. The van der Waals surface area contributed by atoms with E-state index in [2.05, 4.69) is 20.3 Å². The molecule has 1 amide bonds. The van der Waals surface area contributed by atoms with Crippen LogP contribution in [0.3, 0.4) is 0 Å². The largest absolute Gasteiger partial charge is 0.453 e. The molecule has 0 atom stereocenters. The van der Waals surface area contributed by atoms with Gasteiger partial charge in [0.2, 0.25) is 0 Å². The summed E-state index contributed by atoms with van der Waals surface area (Å²) < 4.78 is 22.1. The van der Waals surface area contributed by atoms with Gasteiger partial charge in [0.15, 0.2) is 11.6 Å². The number of aromatic nitrogens is 4. The van der Waals surface area contributed by atoms with E-state index in [9.17, 15) is 14.0 Å². The van der Waals surface area contributed by atoms with Gasteiger partial charge in [0.25, 0.3) is 11.5 Å². The van der Waals surface area contributed by atoms with Crippen LogP contribution in [0.1, 0.15) is 10.4 Å². The zero-order chi connectivity index (χ0) is 25.4. The highest BCUT2D eigenvalue weighted by Gasteiger charge is 2.18. The molecule has 6 rings (SSSR count). The number of pyridine rings is 3. The molecule has 0 saturated carbocycles. The van der Waals surface area contributed by atoms with Crippen molar-refractivity contribution in [1.29, 1.82) is 0 Å². The molecule has 0 spiro atoms. The summed E-state index contributed by atoms with van der Waals surface area (Å²) in [4.78, 5) is 38.0. The van der Waals surface area contributed by atoms with E-state index in [-0.39, 0.29) is 17.0 Å². The van der Waals surface area contributed by atoms with Crippen LogP contribution >= 0.6 is 0 Å². The third-order valence-corrected chi connectivity index (χ3v) is 5.85. The normalized spacial score (nSPS) is 11.1. The predicted octanol–water partition coefficient (Wildman–Crippen LogP) is 5.45. The Hall–Kier alpha value is -5.31. The van der Waals surface area contributed by atoms with E-state index in [4.69, 9.17) is 4.74 Å². The molecule has 4 heterocycles. The van der Waals surface area contributed by atoms with E-state index in [0.29, 0.717) is 33.5 Å². The number of ether oxygens (including phenoxy) is 1. The number of H-pyrrole nitrogens is 1. The molecule has 8 nitrogen and oxygen atoms in total. The van der Waals surface area contributed by atoms with Crippen LogP contribution in [0, 0.1) is 5.82 Å². The van der Waals surface area contributed by atoms with Gasteiger partial charge in [-0.25, -0.2) is 14.4 Å². The smallest absolute Gasteiger partial charge is 0.269 e. The molecule has 0 aliphatic heterocycles. The molecule has 0 aliphatic carbocycles. The van der Waals surface area contributed by atoms with Gasteiger partial charge in [0, 0.05) is 35.7 Å². The molecule has 0 unspecified atom stereocenters. The van der Waals surface area contributed by atoms with Gasteiger partial charge >= 0.3 is 0 Å². The van der Waals surface area contributed by atoms with E-state index < -0.39 is 17.3 Å². The van der Waals surface area contributed by atoms with E-state index in [1.807, 2.05) is 6.07 Å². The van der Waals surface area contributed by atoms with Crippen LogP contribution in [0.5, 0.6) is 11.5 Å². The summed E-state index contributed by atoms with van der Waals surface area (Å²) in [6, 6.07) is 21.4. The number of hydrogen-bond donors (Lipinski definition) is 2. The molecule has 0 radical (unpaired) electrons. The standard InChI is InChI=1S/C28H18FN5O3/c29-22-16-18(8-9-24(22)37-23-11-14-31-25-20(23)10-13-30-25)33-27(35)21-15-17-5-4-12-32-26(17)34(28(21)36)19-6-2-1-3-7-19/h1-16H,(H,30,31)(H,33,35). The molecule has 9 heteroatoms. The van der Waals surface area contributed by atoms with Crippen molar-refractivity contribution in [3.63, 3.8) is 0 Å². The van der Waals surface area contributed by atoms with Crippen LogP contribution in [0.4, 0.5) is 10.1 Å². The Bertz CT molecular complexity index is 1850. The van der Waals surface area contributed by atoms with Crippen molar-refractivity contribution in [1.82, 2.24) is 19.5 Å². The van der Waals surface area contributed by atoms with Crippen molar-refractivity contribution < 1.29 is 13.9 Å². The van der Waals surface area contributed by atoms with Gasteiger partial charge in [-0.05, 0) is 54.6 Å². The molecule has 0 bridgehead atoms. The quantitative estimate of drug-likeness (QED) is 0.334. The van der Waals surface area contributed by atoms with Gasteiger partial charge in [-0.2, -0.15) is 0 Å². The van der Waals surface area contributed by atoms with Crippen molar-refractivity contribution in [2.45, 2.75) is 0 Å². The van der Waals surface area contributed by atoms with Crippen LogP contribution in [0.2, 0.25) is 0 Å². The summed E-state index contributed by atoms with van der Waals surface area (Å²) in [5, 5.41) is 3.94. The molecular weight excluding hydrogens is 473 g/mol. The monoisotopic (exact) mass is 491 g/mol. The summed E-state index contributed by atoms with van der Waals surface area (Å²) in [5.41, 5.74) is 1.16. The van der Waals surface area contributed by atoms with Gasteiger partial charge in [-0.15, -0.1) is 0 Å². The van der Waals surface area contributed by atoms with Crippen LogP contribution in [-0.2, 0) is 0 Å². The molecule has 0 fully saturated rings. The second-order valence-corrected chi connectivity index (χ2v) is 8.20. The number of nitrogens with zero attached hydrogens (tertiary/aromatic N) is 3. The van der Waals surface area contributed by atoms with Crippen LogP contribution in [0.25, 0.3) is 27.8 Å². The van der Waals surface area contributed by atoms with Crippen LogP contribution < -0.4 is 15.6 Å². The van der Waals surface area contributed by atoms with Crippen molar-refractivity contribution in [2.24, 2.45) is 0 Å². The number of rotatable bonds is 5. The third kappa shape index (κ3) is 4.08. The molecular formula is C28H18FN5O3. The van der Waals surface area contributed by atoms with Crippen molar-refractivity contribution >= 4 is 33.7 Å². The van der Waals surface area contributed by atoms with Crippen LogP contribution in [0.15, 0.2) is 102 Å². The maximum Gasteiger partial charge on any atom is 0.269 e. The minimum Gasteiger partial charge on any atom is -0.453 e. The fourth-order valence-corrected chi connectivity index (χ4v) is 4.12. The Labute approximate surface area is 209 Å². The average molecular weight is 491 g/mol. The minimum atomic E-state index is -0.678. The van der Waals surface area contributed by atoms with Gasteiger partial charge in [-0.3, -0.25) is 14.2 Å². The second-order valence-electron chi connectivity index (χ2n) is 8.20. The van der Waals surface area contributed by atoms with Crippen molar-refractivity contribution in [2.75, 3.05) is 5.32 Å². The number of amides is 1. The molecule has 2 aromatic carbocycles. The maximum atomic E-state index is 14.9. The first-order valence-corrected chi connectivity index (χ1v) is 11.4. The van der Waals surface area contributed by atoms with Crippen LogP contribution in [-0.4, -0.2) is 25.4 Å². The first kappa shape index (κ1) is 22.2. The van der Waals surface area contributed by atoms with Gasteiger partial charge < -0.3 is 15.0 Å². The number of halogens is 1. The van der Waals surface area contributed by atoms with Gasteiger partial charge in [0.05, 0.1) is 11.1 Å². The molecule has 4 aromatic heterocycles. The minimum absolute atomic E-state index is 0.0186. The first-order chi connectivity index (χ1) is 18.1. The Balaban J connectivity index is 1.32. The van der Waals surface area contributed by atoms with Crippen molar-refractivity contribution in [3.05, 3.63) is 119 Å². The third-order valence-electron chi connectivity index (χ3n) is 5.85. The fourth-order valence-electron chi connectivity index (χ4n) is 4.12. The molecule has 2 N–H and O–H groups in total. The topological polar surface area (TPSA) is 102 Å². The van der Waals surface area contributed by atoms with E-state index in [1.165, 1.54) is 22.8 Å². The average Bonchev–Trinajstić information content (AvgIpc) is 3.40. The zero-order valence-electron chi connectivity index (χ0n) is 19.2. The summed E-state index contributed by atoms with van der Waals surface area (Å²) in [6.07, 6.45) is 4.86. The van der Waals surface area contributed by atoms with E-state index in [1.54, 1.807) is 67.1 Å². The molecule has 0 saturated heterocycles. The summed E-state index contributed by atoms with van der Waals surface area (Å²) >= 11 is 0. The Morgan fingerprint density at radius 3 is 2.62 bits per heavy atom. The SMILES string of the molecule is O=C(Nc1ccc(Oc2ccnc3[nH]ccc23)c(F)c1)c1cc2cccnc2n(-c2ccccc2)c1=O. The number of carbonyl (C=O) groups excluding carboxylic acids is 1. The summed E-state index contributed by atoms with van der Waals surface area (Å²) in [6.45, 7) is 0. The number of hydrogen-bond acceptors (Lipinski definition) is 5. The lowest BCUT2D eigenvalue weighted by Gasteiger charge is -2.13. The first-order valence-electron chi connectivity index (χ1n) is 11.4. The molecule has 180 valence electrons. The number of nitrogens with one attached hydrogen (secondary N) is 2. The molecule has 6 aromatic rings. The van der Waals surface area contributed by atoms with Gasteiger partial charge in [-0.1, -0.05) is 18.2 Å².